The van der Waals surface area contributed by atoms with Crippen molar-refractivity contribution in [1.29, 1.82) is 0 Å². The fourth-order valence-corrected chi connectivity index (χ4v) is 3.51. The normalized spacial score (nSPS) is 14.3. The van der Waals surface area contributed by atoms with Crippen LogP contribution in [0.5, 0.6) is 0 Å². The van der Waals surface area contributed by atoms with Crippen LogP contribution in [0, 0.1) is 0 Å². The second kappa shape index (κ2) is 6.77. The van der Waals surface area contributed by atoms with Crippen LogP contribution in [-0.4, -0.2) is 23.1 Å². The van der Waals surface area contributed by atoms with Crippen molar-refractivity contribution in [2.24, 2.45) is 0 Å². The molecule has 1 aliphatic rings. The van der Waals surface area contributed by atoms with Gasteiger partial charge in [-0.3, -0.25) is 4.98 Å². The standard InChI is InChI=1S/C19H19BrN4/c20-15-3-4-16-17(6-8-21-18(16)12-15)23-13-14-5-7-22-19(11-14)24-9-1-2-10-24/h3-8,11-12H,1-2,9-10,13H2,(H,21,23). The zero-order chi connectivity index (χ0) is 16.4. The first-order valence-electron chi connectivity index (χ1n) is 8.28. The third-order valence-electron chi connectivity index (χ3n) is 4.43. The minimum absolute atomic E-state index is 0.776. The van der Waals surface area contributed by atoms with Crippen molar-refractivity contribution in [2.45, 2.75) is 19.4 Å². The van der Waals surface area contributed by atoms with Crippen molar-refractivity contribution >= 4 is 38.3 Å². The summed E-state index contributed by atoms with van der Waals surface area (Å²) in [5.74, 6) is 1.09. The smallest absolute Gasteiger partial charge is 0.128 e. The molecule has 2 aromatic heterocycles. The van der Waals surface area contributed by atoms with Gasteiger partial charge in [-0.2, -0.15) is 0 Å². The lowest BCUT2D eigenvalue weighted by atomic mass is 10.2. The van der Waals surface area contributed by atoms with Gasteiger partial charge in [-0.1, -0.05) is 15.9 Å². The molecule has 1 aliphatic heterocycles. The van der Waals surface area contributed by atoms with Gasteiger partial charge in [0, 0.05) is 47.6 Å². The molecule has 0 spiro atoms. The molecule has 0 bridgehead atoms. The number of nitrogens with one attached hydrogen (secondary N) is 1. The first kappa shape index (κ1) is 15.4. The summed E-state index contributed by atoms with van der Waals surface area (Å²) in [6, 6.07) is 12.5. The van der Waals surface area contributed by atoms with Crippen LogP contribution < -0.4 is 10.2 Å². The molecular formula is C19H19BrN4. The van der Waals surface area contributed by atoms with Crippen molar-refractivity contribution in [3.8, 4) is 0 Å². The highest BCUT2D eigenvalue weighted by Gasteiger charge is 2.13. The van der Waals surface area contributed by atoms with Gasteiger partial charge in [0.2, 0.25) is 0 Å². The molecule has 0 saturated carbocycles. The highest BCUT2D eigenvalue weighted by molar-refractivity contribution is 9.10. The van der Waals surface area contributed by atoms with Gasteiger partial charge in [0.05, 0.1) is 5.52 Å². The van der Waals surface area contributed by atoms with Gasteiger partial charge < -0.3 is 10.2 Å². The SMILES string of the molecule is Brc1ccc2c(NCc3ccnc(N4CCCC4)c3)ccnc2c1. The molecule has 3 aromatic rings. The van der Waals surface area contributed by atoms with E-state index in [0.29, 0.717) is 0 Å². The lowest BCUT2D eigenvalue weighted by Crippen LogP contribution is -2.19. The van der Waals surface area contributed by atoms with Gasteiger partial charge >= 0.3 is 0 Å². The Labute approximate surface area is 150 Å². The number of anilines is 2. The molecule has 1 aromatic carbocycles. The molecule has 4 rings (SSSR count). The van der Waals surface area contributed by atoms with Crippen LogP contribution in [0.15, 0.2) is 53.3 Å². The quantitative estimate of drug-likeness (QED) is 0.715. The van der Waals surface area contributed by atoms with Gasteiger partial charge in [-0.15, -0.1) is 0 Å². The van der Waals surface area contributed by atoms with Gasteiger partial charge in [-0.05, 0) is 54.8 Å². The van der Waals surface area contributed by atoms with Crippen LogP contribution in [-0.2, 0) is 6.54 Å². The van der Waals surface area contributed by atoms with Crippen LogP contribution >= 0.6 is 15.9 Å². The molecule has 1 saturated heterocycles. The minimum Gasteiger partial charge on any atom is -0.380 e. The maximum atomic E-state index is 4.52. The van der Waals surface area contributed by atoms with E-state index in [1.807, 2.05) is 30.6 Å². The topological polar surface area (TPSA) is 41.1 Å². The molecule has 0 atom stereocenters. The Morgan fingerprint density at radius 3 is 2.71 bits per heavy atom. The zero-order valence-corrected chi connectivity index (χ0v) is 15.0. The van der Waals surface area contributed by atoms with E-state index in [-0.39, 0.29) is 0 Å². The largest absolute Gasteiger partial charge is 0.380 e. The monoisotopic (exact) mass is 382 g/mol. The van der Waals surface area contributed by atoms with Crippen LogP contribution in [0.2, 0.25) is 0 Å². The Kier molecular flexibility index (Phi) is 4.34. The lowest BCUT2D eigenvalue weighted by molar-refractivity contribution is 0.931. The van der Waals surface area contributed by atoms with Crippen molar-refractivity contribution < 1.29 is 0 Å². The van der Waals surface area contributed by atoms with E-state index < -0.39 is 0 Å². The highest BCUT2D eigenvalue weighted by Crippen LogP contribution is 2.25. The summed E-state index contributed by atoms with van der Waals surface area (Å²) in [6.45, 7) is 3.01. The molecule has 4 nitrogen and oxygen atoms in total. The van der Waals surface area contributed by atoms with E-state index >= 15 is 0 Å². The number of hydrogen-bond acceptors (Lipinski definition) is 4. The molecule has 122 valence electrons. The zero-order valence-electron chi connectivity index (χ0n) is 13.4. The lowest BCUT2D eigenvalue weighted by Gasteiger charge is -2.17. The Morgan fingerprint density at radius 2 is 1.83 bits per heavy atom. The molecule has 0 aliphatic carbocycles. The Balaban J connectivity index is 1.54. The maximum absolute atomic E-state index is 4.52. The number of aromatic nitrogens is 2. The average molecular weight is 383 g/mol. The van der Waals surface area contributed by atoms with Crippen molar-refractivity contribution in [3.05, 3.63) is 58.8 Å². The third-order valence-corrected chi connectivity index (χ3v) is 4.92. The van der Waals surface area contributed by atoms with E-state index in [2.05, 4.69) is 54.3 Å². The van der Waals surface area contributed by atoms with Crippen LogP contribution in [0.1, 0.15) is 18.4 Å². The fourth-order valence-electron chi connectivity index (χ4n) is 3.16. The molecule has 3 heterocycles. The first-order chi connectivity index (χ1) is 11.8. The first-order valence-corrected chi connectivity index (χ1v) is 9.07. The van der Waals surface area contributed by atoms with E-state index in [1.54, 1.807) is 0 Å². The van der Waals surface area contributed by atoms with Crippen LogP contribution in [0.3, 0.4) is 0 Å². The van der Waals surface area contributed by atoms with Crippen molar-refractivity contribution in [2.75, 3.05) is 23.3 Å². The van der Waals surface area contributed by atoms with Gasteiger partial charge in [0.1, 0.15) is 5.82 Å². The molecule has 0 amide bonds. The van der Waals surface area contributed by atoms with Gasteiger partial charge in [0.15, 0.2) is 0 Å². The third kappa shape index (κ3) is 3.22. The minimum atomic E-state index is 0.776. The predicted molar refractivity (Wildman–Crippen MR) is 102 cm³/mol. The van der Waals surface area contributed by atoms with Crippen molar-refractivity contribution in [1.82, 2.24) is 9.97 Å². The van der Waals surface area contributed by atoms with Crippen LogP contribution in [0.25, 0.3) is 10.9 Å². The Morgan fingerprint density at radius 1 is 1.00 bits per heavy atom. The summed E-state index contributed by atoms with van der Waals surface area (Å²) in [6.07, 6.45) is 6.29. The van der Waals surface area contributed by atoms with Crippen molar-refractivity contribution in [3.63, 3.8) is 0 Å². The summed E-state index contributed by atoms with van der Waals surface area (Å²) >= 11 is 3.50. The highest BCUT2D eigenvalue weighted by atomic mass is 79.9. The molecular weight excluding hydrogens is 364 g/mol. The number of rotatable bonds is 4. The molecule has 5 heteroatoms. The molecule has 0 radical (unpaired) electrons. The maximum Gasteiger partial charge on any atom is 0.128 e. The number of nitrogens with zero attached hydrogens (tertiary/aromatic N) is 3. The summed E-state index contributed by atoms with van der Waals surface area (Å²) < 4.78 is 1.05. The molecule has 0 unspecified atom stereocenters. The number of pyridine rings is 2. The fraction of sp³-hybridized carbons (Fsp3) is 0.263. The number of hydrogen-bond donors (Lipinski definition) is 1. The molecule has 1 fully saturated rings. The van der Waals surface area contributed by atoms with Crippen LogP contribution in [0.4, 0.5) is 11.5 Å². The summed E-state index contributed by atoms with van der Waals surface area (Å²) in [5.41, 5.74) is 3.34. The average Bonchev–Trinajstić information content (AvgIpc) is 3.14. The number of halogens is 1. The van der Waals surface area contributed by atoms with E-state index in [0.717, 1.165) is 46.5 Å². The summed E-state index contributed by atoms with van der Waals surface area (Å²) in [5, 5.41) is 4.67. The second-order valence-corrected chi connectivity index (χ2v) is 7.01. The predicted octanol–water partition coefficient (Wildman–Crippen LogP) is 4.60. The van der Waals surface area contributed by atoms with Gasteiger partial charge in [-0.25, -0.2) is 4.98 Å². The van der Waals surface area contributed by atoms with E-state index in [4.69, 9.17) is 0 Å². The Hall–Kier alpha value is -2.14. The van der Waals surface area contributed by atoms with E-state index in [9.17, 15) is 0 Å². The summed E-state index contributed by atoms with van der Waals surface area (Å²) in [7, 11) is 0. The molecule has 1 N–H and O–H groups in total. The summed E-state index contributed by atoms with van der Waals surface area (Å²) in [4.78, 5) is 11.3. The number of benzene rings is 1. The molecule has 24 heavy (non-hydrogen) atoms. The Bertz CT molecular complexity index is 859. The number of fused-ring (bicyclic) bond motifs is 1. The van der Waals surface area contributed by atoms with Gasteiger partial charge in [0.25, 0.3) is 0 Å². The van der Waals surface area contributed by atoms with E-state index in [1.165, 1.54) is 18.4 Å². The second-order valence-electron chi connectivity index (χ2n) is 6.09.